The van der Waals surface area contributed by atoms with Gasteiger partial charge in [-0.15, -0.1) is 0 Å². The maximum Gasteiger partial charge on any atom is 0.224 e. The van der Waals surface area contributed by atoms with Gasteiger partial charge in [0, 0.05) is 25.6 Å². The number of carbonyl (C=O) groups is 1. The van der Waals surface area contributed by atoms with Crippen LogP contribution < -0.4 is 10.6 Å². The molecule has 1 unspecified atom stereocenters. The third-order valence-corrected chi connectivity index (χ3v) is 2.48. The van der Waals surface area contributed by atoms with Crippen LogP contribution in [0.15, 0.2) is 0 Å². The number of amides is 1. The third-order valence-electron chi connectivity index (χ3n) is 2.48. The molecule has 0 radical (unpaired) electrons. The van der Waals surface area contributed by atoms with Crippen molar-refractivity contribution in [3.8, 4) is 0 Å². The van der Waals surface area contributed by atoms with E-state index in [4.69, 9.17) is 0 Å². The van der Waals surface area contributed by atoms with Gasteiger partial charge in [-0.2, -0.15) is 0 Å². The van der Waals surface area contributed by atoms with Crippen LogP contribution in [0, 0.1) is 5.92 Å². The summed E-state index contributed by atoms with van der Waals surface area (Å²) in [6, 6.07) is 0. The lowest BCUT2D eigenvalue weighted by Crippen LogP contribution is -2.38. The summed E-state index contributed by atoms with van der Waals surface area (Å²) in [5.41, 5.74) is 0. The van der Waals surface area contributed by atoms with E-state index in [1.807, 2.05) is 20.9 Å². The largest absolute Gasteiger partial charge is 0.355 e. The lowest BCUT2D eigenvalue weighted by molar-refractivity contribution is -0.124. The minimum atomic E-state index is 0.0527. The van der Waals surface area contributed by atoms with Gasteiger partial charge in [0.05, 0.1) is 0 Å². The van der Waals surface area contributed by atoms with E-state index in [1.165, 1.54) is 0 Å². The smallest absolute Gasteiger partial charge is 0.224 e. The monoisotopic (exact) mass is 215 g/mol. The van der Waals surface area contributed by atoms with Gasteiger partial charge in [0.1, 0.15) is 0 Å². The molecule has 0 saturated heterocycles. The van der Waals surface area contributed by atoms with Crippen molar-refractivity contribution in [3.05, 3.63) is 0 Å². The Balaban J connectivity index is 3.55. The highest BCUT2D eigenvalue weighted by atomic mass is 16.1. The Morgan fingerprint density at radius 1 is 1.40 bits per heavy atom. The van der Waals surface area contributed by atoms with Gasteiger partial charge in [0.25, 0.3) is 0 Å². The highest BCUT2D eigenvalue weighted by Gasteiger charge is 2.10. The molecule has 1 atom stereocenters. The molecule has 4 heteroatoms. The second kappa shape index (κ2) is 8.68. The van der Waals surface area contributed by atoms with Gasteiger partial charge in [-0.05, 0) is 20.1 Å². The van der Waals surface area contributed by atoms with Crippen LogP contribution in [0.3, 0.4) is 0 Å². The lowest BCUT2D eigenvalue weighted by atomic mass is 10.1. The predicted molar refractivity (Wildman–Crippen MR) is 63.9 cm³/mol. The van der Waals surface area contributed by atoms with Gasteiger partial charge in [0.2, 0.25) is 5.91 Å². The van der Waals surface area contributed by atoms with E-state index in [9.17, 15) is 4.79 Å². The van der Waals surface area contributed by atoms with Crippen LogP contribution in [0.25, 0.3) is 0 Å². The van der Waals surface area contributed by atoms with Crippen molar-refractivity contribution in [1.82, 2.24) is 15.5 Å². The molecule has 0 saturated carbocycles. The number of nitrogens with zero attached hydrogens (tertiary/aromatic N) is 1. The molecule has 0 aliphatic rings. The van der Waals surface area contributed by atoms with Crippen molar-refractivity contribution in [2.24, 2.45) is 5.92 Å². The van der Waals surface area contributed by atoms with E-state index in [0.29, 0.717) is 0 Å². The zero-order valence-electron chi connectivity index (χ0n) is 10.5. The minimum Gasteiger partial charge on any atom is -0.355 e. The Morgan fingerprint density at radius 2 is 2.07 bits per heavy atom. The Kier molecular flexibility index (Phi) is 8.33. The summed E-state index contributed by atoms with van der Waals surface area (Å²) >= 11 is 0. The van der Waals surface area contributed by atoms with E-state index in [1.54, 1.807) is 0 Å². The molecule has 0 aromatic rings. The first-order valence-electron chi connectivity index (χ1n) is 5.78. The fourth-order valence-corrected chi connectivity index (χ4v) is 1.16. The zero-order valence-corrected chi connectivity index (χ0v) is 10.5. The number of nitrogens with one attached hydrogen (secondary N) is 2. The number of carbonyl (C=O) groups excluding carboxylic acids is 1. The number of likely N-dealkylation sites (N-methyl/N-ethyl adjacent to an activating group) is 1. The second-order valence-corrected chi connectivity index (χ2v) is 3.90. The minimum absolute atomic E-state index is 0.0527. The third kappa shape index (κ3) is 7.33. The molecule has 0 bridgehead atoms. The first-order chi connectivity index (χ1) is 7.11. The number of rotatable bonds is 8. The fraction of sp³-hybridized carbons (Fsp3) is 0.909. The first kappa shape index (κ1) is 14.4. The molecule has 0 aliphatic carbocycles. The Morgan fingerprint density at radius 3 is 2.60 bits per heavy atom. The average molecular weight is 215 g/mol. The molecular weight excluding hydrogens is 190 g/mol. The normalized spacial score (nSPS) is 12.9. The van der Waals surface area contributed by atoms with Crippen LogP contribution >= 0.6 is 0 Å². The predicted octanol–water partition coefficient (Wildman–Crippen LogP) is 0.300. The lowest BCUT2D eigenvalue weighted by Gasteiger charge is -2.16. The summed E-state index contributed by atoms with van der Waals surface area (Å²) in [5, 5.41) is 6.10. The number of hydrogen-bond acceptors (Lipinski definition) is 3. The molecule has 0 rings (SSSR count). The molecular formula is C11H25N3O. The molecule has 0 aromatic carbocycles. The van der Waals surface area contributed by atoms with E-state index in [2.05, 4.69) is 22.5 Å². The molecule has 4 nitrogen and oxygen atoms in total. The van der Waals surface area contributed by atoms with E-state index in [0.717, 1.165) is 32.7 Å². The molecule has 0 fully saturated rings. The van der Waals surface area contributed by atoms with Gasteiger partial charge >= 0.3 is 0 Å². The number of hydrogen-bond donors (Lipinski definition) is 2. The molecule has 90 valence electrons. The van der Waals surface area contributed by atoms with E-state index >= 15 is 0 Å². The van der Waals surface area contributed by atoms with Crippen molar-refractivity contribution in [2.45, 2.75) is 20.8 Å². The Labute approximate surface area is 93.4 Å². The molecule has 15 heavy (non-hydrogen) atoms. The summed E-state index contributed by atoms with van der Waals surface area (Å²) in [6.07, 6.45) is 0. The van der Waals surface area contributed by atoms with Crippen molar-refractivity contribution in [1.29, 1.82) is 0 Å². The Bertz CT molecular complexity index is 173. The highest BCUT2D eigenvalue weighted by Crippen LogP contribution is 1.91. The molecule has 0 aromatic heterocycles. The summed E-state index contributed by atoms with van der Waals surface area (Å²) in [6.45, 7) is 10.4. The fourth-order valence-electron chi connectivity index (χ4n) is 1.16. The molecule has 0 spiro atoms. The summed E-state index contributed by atoms with van der Waals surface area (Å²) < 4.78 is 0. The van der Waals surface area contributed by atoms with Crippen molar-refractivity contribution >= 4 is 5.91 Å². The van der Waals surface area contributed by atoms with Crippen LogP contribution in [-0.4, -0.2) is 50.6 Å². The standard InChI is InChI=1S/C11H25N3O/c1-5-12-9-10(3)11(15)13-7-8-14(4)6-2/h10,12H,5-9H2,1-4H3,(H,13,15). The van der Waals surface area contributed by atoms with Crippen LogP contribution in [0.1, 0.15) is 20.8 Å². The average Bonchev–Trinajstić information content (AvgIpc) is 2.25. The van der Waals surface area contributed by atoms with E-state index in [-0.39, 0.29) is 11.8 Å². The Hall–Kier alpha value is -0.610. The summed E-state index contributed by atoms with van der Waals surface area (Å²) in [4.78, 5) is 13.7. The van der Waals surface area contributed by atoms with Crippen LogP contribution in [0.4, 0.5) is 0 Å². The zero-order chi connectivity index (χ0) is 11.7. The van der Waals surface area contributed by atoms with Gasteiger partial charge in [-0.1, -0.05) is 20.8 Å². The van der Waals surface area contributed by atoms with Crippen molar-refractivity contribution in [2.75, 3.05) is 39.8 Å². The molecule has 2 N–H and O–H groups in total. The van der Waals surface area contributed by atoms with Crippen molar-refractivity contribution < 1.29 is 4.79 Å². The van der Waals surface area contributed by atoms with Crippen LogP contribution in [-0.2, 0) is 4.79 Å². The van der Waals surface area contributed by atoms with Crippen LogP contribution in [0.2, 0.25) is 0 Å². The van der Waals surface area contributed by atoms with Gasteiger partial charge in [-0.3, -0.25) is 4.79 Å². The SMILES string of the molecule is CCNCC(C)C(=O)NCCN(C)CC. The maximum atomic E-state index is 11.5. The van der Waals surface area contributed by atoms with Gasteiger partial charge in [-0.25, -0.2) is 0 Å². The molecule has 1 amide bonds. The van der Waals surface area contributed by atoms with E-state index < -0.39 is 0 Å². The highest BCUT2D eigenvalue weighted by molar-refractivity contribution is 5.78. The summed E-state index contributed by atoms with van der Waals surface area (Å²) in [7, 11) is 2.05. The molecule has 0 heterocycles. The second-order valence-electron chi connectivity index (χ2n) is 3.90. The van der Waals surface area contributed by atoms with Gasteiger partial charge < -0.3 is 15.5 Å². The summed E-state index contributed by atoms with van der Waals surface area (Å²) in [5.74, 6) is 0.192. The molecule has 0 aliphatic heterocycles. The van der Waals surface area contributed by atoms with Crippen molar-refractivity contribution in [3.63, 3.8) is 0 Å². The van der Waals surface area contributed by atoms with Gasteiger partial charge in [0.15, 0.2) is 0 Å². The first-order valence-corrected chi connectivity index (χ1v) is 5.78. The topological polar surface area (TPSA) is 44.4 Å². The maximum absolute atomic E-state index is 11.5. The van der Waals surface area contributed by atoms with Crippen LogP contribution in [0.5, 0.6) is 0 Å². The quantitative estimate of drug-likeness (QED) is 0.612.